The molecular weight excluding hydrogens is 290 g/mol. The molecule has 0 fully saturated rings. The Balaban J connectivity index is 3.03. The Kier molecular flexibility index (Phi) is 4.90. The van der Waals surface area contributed by atoms with Crippen LogP contribution in [0.2, 0.25) is 0 Å². The molecule has 1 atom stereocenters. The van der Waals surface area contributed by atoms with Crippen molar-refractivity contribution in [2.24, 2.45) is 5.92 Å². The summed E-state index contributed by atoms with van der Waals surface area (Å²) in [5, 5.41) is 8.10. The first-order valence-electron chi connectivity index (χ1n) is 5.62. The Morgan fingerprint density at radius 1 is 1.35 bits per heavy atom. The van der Waals surface area contributed by atoms with Gasteiger partial charge in [0.1, 0.15) is 6.04 Å². The van der Waals surface area contributed by atoms with Gasteiger partial charge < -0.3 is 14.3 Å². The lowest BCUT2D eigenvalue weighted by Gasteiger charge is -2.18. The first-order valence-corrected chi connectivity index (χ1v) is 7.10. The number of hydrogen-bond acceptors (Lipinski definition) is 6. The van der Waals surface area contributed by atoms with Gasteiger partial charge >= 0.3 is 11.9 Å². The second kappa shape index (κ2) is 6.06. The molecule has 0 aliphatic heterocycles. The van der Waals surface area contributed by atoms with Crippen molar-refractivity contribution in [1.29, 1.82) is 0 Å². The van der Waals surface area contributed by atoms with Crippen LogP contribution in [0.1, 0.15) is 24.4 Å². The molecule has 20 heavy (non-hydrogen) atoms. The number of aromatic carboxylic acids is 1. The molecule has 2 N–H and O–H groups in total. The van der Waals surface area contributed by atoms with Crippen molar-refractivity contribution in [2.45, 2.75) is 25.0 Å². The molecule has 0 aromatic carbocycles. The molecule has 0 aliphatic rings. The molecule has 0 saturated heterocycles. The van der Waals surface area contributed by atoms with E-state index in [9.17, 15) is 18.0 Å². The van der Waals surface area contributed by atoms with Gasteiger partial charge in [0.25, 0.3) is 10.0 Å². The van der Waals surface area contributed by atoms with E-state index in [1.807, 2.05) is 0 Å². The summed E-state index contributed by atoms with van der Waals surface area (Å²) < 4.78 is 35.3. The molecule has 0 bridgehead atoms. The Bertz CT molecular complexity index is 602. The lowest BCUT2D eigenvalue weighted by molar-refractivity contribution is -0.143. The molecule has 8 nitrogen and oxygen atoms in total. The lowest BCUT2D eigenvalue weighted by Crippen LogP contribution is -2.44. The highest BCUT2D eigenvalue weighted by Crippen LogP contribution is 2.16. The summed E-state index contributed by atoms with van der Waals surface area (Å²) in [7, 11) is -3.01. The van der Waals surface area contributed by atoms with Gasteiger partial charge in [-0.05, 0) is 18.1 Å². The number of esters is 1. The molecule has 0 radical (unpaired) electrons. The highest BCUT2D eigenvalue weighted by molar-refractivity contribution is 7.89. The van der Waals surface area contributed by atoms with Crippen LogP contribution in [0.15, 0.2) is 21.6 Å². The third-order valence-corrected chi connectivity index (χ3v) is 3.77. The summed E-state index contributed by atoms with van der Waals surface area (Å²) in [6.45, 7) is 3.27. The number of carbonyl (C=O) groups is 2. The van der Waals surface area contributed by atoms with Gasteiger partial charge in [-0.3, -0.25) is 4.79 Å². The SMILES string of the molecule is COC(=O)C(NS(=O)(=O)c1ccc(C(=O)O)o1)C(C)C. The molecule has 1 aromatic heterocycles. The first-order chi connectivity index (χ1) is 9.19. The number of ether oxygens (including phenoxy) is 1. The van der Waals surface area contributed by atoms with Crippen LogP contribution in [0.3, 0.4) is 0 Å². The van der Waals surface area contributed by atoms with E-state index >= 15 is 0 Å². The fraction of sp³-hybridized carbons (Fsp3) is 0.455. The highest BCUT2D eigenvalue weighted by Gasteiger charge is 2.31. The minimum absolute atomic E-state index is 0.355. The number of carboxylic acids is 1. The minimum atomic E-state index is -4.15. The van der Waals surface area contributed by atoms with E-state index < -0.39 is 38.9 Å². The summed E-state index contributed by atoms with van der Waals surface area (Å²) in [5.74, 6) is -3.00. The van der Waals surface area contributed by atoms with Crippen molar-refractivity contribution in [3.05, 3.63) is 17.9 Å². The zero-order valence-electron chi connectivity index (χ0n) is 11.1. The van der Waals surface area contributed by atoms with E-state index in [0.29, 0.717) is 0 Å². The first kappa shape index (κ1) is 16.2. The van der Waals surface area contributed by atoms with Crippen molar-refractivity contribution in [2.75, 3.05) is 7.11 Å². The number of furan rings is 1. The van der Waals surface area contributed by atoms with Gasteiger partial charge in [0.15, 0.2) is 0 Å². The molecule has 0 spiro atoms. The van der Waals surface area contributed by atoms with Gasteiger partial charge in [0.2, 0.25) is 10.9 Å². The topological polar surface area (TPSA) is 123 Å². The number of rotatable bonds is 6. The van der Waals surface area contributed by atoms with Crippen molar-refractivity contribution in [3.63, 3.8) is 0 Å². The summed E-state index contributed by atoms with van der Waals surface area (Å²) in [6.07, 6.45) is 0. The average molecular weight is 305 g/mol. The molecule has 112 valence electrons. The van der Waals surface area contributed by atoms with Crippen molar-refractivity contribution < 1.29 is 32.3 Å². The van der Waals surface area contributed by atoms with Gasteiger partial charge in [-0.25, -0.2) is 13.2 Å². The number of hydrogen-bond donors (Lipinski definition) is 2. The van der Waals surface area contributed by atoms with Gasteiger partial charge in [0.05, 0.1) is 7.11 Å². The summed E-state index contributed by atoms with van der Waals surface area (Å²) >= 11 is 0. The second-order valence-electron chi connectivity index (χ2n) is 4.29. The van der Waals surface area contributed by atoms with Gasteiger partial charge in [-0.1, -0.05) is 13.8 Å². The number of methoxy groups -OCH3 is 1. The Morgan fingerprint density at radius 2 is 1.95 bits per heavy atom. The average Bonchev–Trinajstić information content (AvgIpc) is 2.85. The fourth-order valence-electron chi connectivity index (χ4n) is 1.39. The maximum Gasteiger partial charge on any atom is 0.371 e. The van der Waals surface area contributed by atoms with E-state index in [-0.39, 0.29) is 5.92 Å². The molecule has 1 heterocycles. The molecule has 0 saturated carbocycles. The standard InChI is InChI=1S/C11H15NO7S/c1-6(2)9(11(15)18-3)12-20(16,17)8-5-4-7(19-8)10(13)14/h4-6,9,12H,1-3H3,(H,13,14). The largest absolute Gasteiger partial charge is 0.475 e. The molecule has 9 heteroatoms. The van der Waals surface area contributed by atoms with E-state index in [4.69, 9.17) is 9.52 Å². The van der Waals surface area contributed by atoms with Crippen molar-refractivity contribution in [3.8, 4) is 0 Å². The van der Waals surface area contributed by atoms with Crippen LogP contribution in [0.4, 0.5) is 0 Å². The van der Waals surface area contributed by atoms with Crippen LogP contribution in [-0.4, -0.2) is 38.6 Å². The Labute approximate surface area is 115 Å². The molecule has 0 amide bonds. The van der Waals surface area contributed by atoms with Crippen LogP contribution in [0, 0.1) is 5.92 Å². The molecular formula is C11H15NO7S. The van der Waals surface area contributed by atoms with E-state index in [2.05, 4.69) is 9.46 Å². The van der Waals surface area contributed by atoms with Gasteiger partial charge in [-0.15, -0.1) is 0 Å². The van der Waals surface area contributed by atoms with E-state index in [0.717, 1.165) is 19.2 Å². The van der Waals surface area contributed by atoms with Crippen LogP contribution in [0.25, 0.3) is 0 Å². The molecule has 0 aliphatic carbocycles. The zero-order valence-corrected chi connectivity index (χ0v) is 11.9. The third-order valence-electron chi connectivity index (χ3n) is 2.46. The maximum atomic E-state index is 12.0. The predicted octanol–water partition coefficient (Wildman–Crippen LogP) is 0.454. The van der Waals surface area contributed by atoms with Crippen LogP contribution < -0.4 is 4.72 Å². The number of carbonyl (C=O) groups excluding carboxylic acids is 1. The molecule has 1 unspecified atom stereocenters. The number of sulfonamides is 1. The van der Waals surface area contributed by atoms with E-state index in [1.165, 1.54) is 0 Å². The van der Waals surface area contributed by atoms with Gasteiger partial charge in [-0.2, -0.15) is 4.72 Å². The predicted molar refractivity (Wildman–Crippen MR) is 66.6 cm³/mol. The Hall–Kier alpha value is -1.87. The Morgan fingerprint density at radius 3 is 2.35 bits per heavy atom. The maximum absolute atomic E-state index is 12.0. The highest BCUT2D eigenvalue weighted by atomic mass is 32.2. The smallest absolute Gasteiger partial charge is 0.371 e. The minimum Gasteiger partial charge on any atom is -0.475 e. The quantitative estimate of drug-likeness (QED) is 0.731. The van der Waals surface area contributed by atoms with Crippen LogP contribution in [0.5, 0.6) is 0 Å². The number of carboxylic acid groups (broad SMARTS) is 1. The second-order valence-corrected chi connectivity index (χ2v) is 5.93. The van der Waals surface area contributed by atoms with E-state index in [1.54, 1.807) is 13.8 Å². The fourth-order valence-corrected chi connectivity index (χ4v) is 2.65. The third kappa shape index (κ3) is 3.58. The lowest BCUT2D eigenvalue weighted by atomic mass is 10.1. The van der Waals surface area contributed by atoms with Crippen LogP contribution >= 0.6 is 0 Å². The summed E-state index contributed by atoms with van der Waals surface area (Å²) in [4.78, 5) is 22.1. The normalized spacial score (nSPS) is 13.2. The monoisotopic (exact) mass is 305 g/mol. The van der Waals surface area contributed by atoms with Crippen molar-refractivity contribution >= 4 is 22.0 Å². The van der Waals surface area contributed by atoms with Crippen molar-refractivity contribution in [1.82, 2.24) is 4.72 Å². The molecule has 1 rings (SSSR count). The van der Waals surface area contributed by atoms with Gasteiger partial charge in [0, 0.05) is 0 Å². The summed E-state index contributed by atoms with van der Waals surface area (Å²) in [6, 6.07) is 0.920. The molecule has 1 aromatic rings. The number of nitrogens with one attached hydrogen (secondary N) is 1. The zero-order chi connectivity index (χ0) is 15.5. The summed E-state index contributed by atoms with van der Waals surface area (Å²) in [5.41, 5.74) is 0. The van der Waals surface area contributed by atoms with Crippen LogP contribution in [-0.2, 0) is 19.6 Å².